The zero-order valence-electron chi connectivity index (χ0n) is 14.2. The van der Waals surface area contributed by atoms with Crippen LogP contribution in [0.1, 0.15) is 19.8 Å². The quantitative estimate of drug-likeness (QED) is 0.759. The zero-order valence-corrected chi connectivity index (χ0v) is 14.2. The van der Waals surface area contributed by atoms with Crippen molar-refractivity contribution < 1.29 is 9.90 Å². The van der Waals surface area contributed by atoms with E-state index in [9.17, 15) is 9.90 Å². The van der Waals surface area contributed by atoms with Crippen molar-refractivity contribution in [2.75, 3.05) is 44.7 Å². The Morgan fingerprint density at radius 3 is 2.87 bits per heavy atom. The fourth-order valence-electron chi connectivity index (χ4n) is 2.92. The van der Waals surface area contributed by atoms with Crippen LogP contribution < -0.4 is 10.2 Å². The third-order valence-corrected chi connectivity index (χ3v) is 4.34. The first-order valence-corrected chi connectivity index (χ1v) is 8.48. The molecule has 0 spiro atoms. The van der Waals surface area contributed by atoms with Crippen LogP contribution in [-0.2, 0) is 4.79 Å². The second-order valence-corrected chi connectivity index (χ2v) is 6.62. The molecule has 1 heterocycles. The Kier molecular flexibility index (Phi) is 6.86. The number of rotatable bonds is 8. The van der Waals surface area contributed by atoms with Gasteiger partial charge in [-0.1, -0.05) is 18.2 Å². The molecule has 1 aromatic carbocycles. The molecule has 1 saturated heterocycles. The number of para-hydroxylation sites is 1. The van der Waals surface area contributed by atoms with Gasteiger partial charge in [0.05, 0.1) is 12.6 Å². The summed E-state index contributed by atoms with van der Waals surface area (Å²) in [7, 11) is 1.91. The van der Waals surface area contributed by atoms with Crippen LogP contribution in [0.4, 0.5) is 5.69 Å². The molecule has 128 valence electrons. The number of nitrogens with one attached hydrogen (secondary N) is 1. The summed E-state index contributed by atoms with van der Waals surface area (Å²) in [6.07, 6.45) is 1.49. The van der Waals surface area contributed by atoms with Gasteiger partial charge in [0, 0.05) is 31.9 Å². The maximum absolute atomic E-state index is 12.0. The second kappa shape index (κ2) is 8.89. The molecule has 0 saturated carbocycles. The summed E-state index contributed by atoms with van der Waals surface area (Å²) in [6.45, 7) is 5.69. The monoisotopic (exact) mass is 319 g/mol. The number of hydrogen-bond donors (Lipinski definition) is 2. The molecule has 2 unspecified atom stereocenters. The van der Waals surface area contributed by atoms with Crippen LogP contribution in [0.25, 0.3) is 0 Å². The zero-order chi connectivity index (χ0) is 16.7. The van der Waals surface area contributed by atoms with Gasteiger partial charge in [0.25, 0.3) is 0 Å². The Morgan fingerprint density at radius 2 is 2.17 bits per heavy atom. The smallest absolute Gasteiger partial charge is 0.234 e. The van der Waals surface area contributed by atoms with Gasteiger partial charge < -0.3 is 15.3 Å². The molecule has 23 heavy (non-hydrogen) atoms. The lowest BCUT2D eigenvalue weighted by Crippen LogP contribution is -2.38. The van der Waals surface area contributed by atoms with Gasteiger partial charge in [-0.3, -0.25) is 9.69 Å². The Morgan fingerprint density at radius 1 is 1.43 bits per heavy atom. The van der Waals surface area contributed by atoms with Gasteiger partial charge in [-0.2, -0.15) is 0 Å². The number of carbonyl (C=O) groups is 1. The Balaban J connectivity index is 1.65. The summed E-state index contributed by atoms with van der Waals surface area (Å²) in [4.78, 5) is 16.3. The lowest BCUT2D eigenvalue weighted by atomic mass is 10.1. The van der Waals surface area contributed by atoms with E-state index in [2.05, 4.69) is 34.5 Å². The van der Waals surface area contributed by atoms with E-state index in [4.69, 9.17) is 0 Å². The normalized spacial score (nSPS) is 19.1. The molecule has 5 heteroatoms. The first kappa shape index (κ1) is 17.8. The molecule has 0 bridgehead atoms. The van der Waals surface area contributed by atoms with Crippen molar-refractivity contribution in [3.05, 3.63) is 30.3 Å². The van der Waals surface area contributed by atoms with Crippen molar-refractivity contribution in [3.63, 3.8) is 0 Å². The van der Waals surface area contributed by atoms with E-state index in [-0.39, 0.29) is 12.0 Å². The van der Waals surface area contributed by atoms with Crippen molar-refractivity contribution in [1.82, 2.24) is 10.2 Å². The van der Waals surface area contributed by atoms with Crippen molar-refractivity contribution in [2.45, 2.75) is 25.9 Å². The number of aliphatic hydroxyl groups excluding tert-OH is 1. The van der Waals surface area contributed by atoms with E-state index >= 15 is 0 Å². The number of amides is 1. The highest BCUT2D eigenvalue weighted by Crippen LogP contribution is 2.22. The van der Waals surface area contributed by atoms with Gasteiger partial charge in [-0.25, -0.2) is 0 Å². The number of carbonyl (C=O) groups excluding carboxylic acids is 1. The molecule has 1 fully saturated rings. The number of likely N-dealkylation sites (N-methyl/N-ethyl adjacent to an activating group) is 1. The predicted molar refractivity (Wildman–Crippen MR) is 93.6 cm³/mol. The number of benzene rings is 1. The average molecular weight is 319 g/mol. The predicted octanol–water partition coefficient (Wildman–Crippen LogP) is 1.33. The molecule has 2 atom stereocenters. The first-order valence-electron chi connectivity index (χ1n) is 8.48. The first-order chi connectivity index (χ1) is 11.0. The summed E-state index contributed by atoms with van der Waals surface area (Å²) < 4.78 is 0. The van der Waals surface area contributed by atoms with E-state index in [1.165, 1.54) is 5.69 Å². The summed E-state index contributed by atoms with van der Waals surface area (Å²) in [5.41, 5.74) is 1.26. The maximum atomic E-state index is 12.0. The lowest BCUT2D eigenvalue weighted by Gasteiger charge is -2.20. The number of anilines is 1. The summed E-state index contributed by atoms with van der Waals surface area (Å²) in [6, 6.07) is 10.4. The van der Waals surface area contributed by atoms with Crippen LogP contribution in [0.15, 0.2) is 30.3 Å². The fourth-order valence-corrected chi connectivity index (χ4v) is 2.92. The number of aliphatic hydroxyl groups is 1. The van der Waals surface area contributed by atoms with E-state index in [0.29, 0.717) is 18.9 Å². The molecule has 5 nitrogen and oxygen atoms in total. The van der Waals surface area contributed by atoms with Gasteiger partial charge in [-0.15, -0.1) is 0 Å². The van der Waals surface area contributed by atoms with Crippen molar-refractivity contribution in [1.29, 1.82) is 0 Å². The van der Waals surface area contributed by atoms with Crippen LogP contribution in [-0.4, -0.2) is 61.8 Å². The average Bonchev–Trinajstić information content (AvgIpc) is 3.01. The highest BCUT2D eigenvalue weighted by molar-refractivity contribution is 5.77. The molecule has 1 amide bonds. The Hall–Kier alpha value is -1.59. The van der Waals surface area contributed by atoms with Crippen molar-refractivity contribution >= 4 is 11.6 Å². The largest absolute Gasteiger partial charge is 0.393 e. The highest BCUT2D eigenvalue weighted by Gasteiger charge is 2.23. The van der Waals surface area contributed by atoms with Crippen molar-refractivity contribution in [2.24, 2.45) is 5.92 Å². The minimum absolute atomic E-state index is 0.0660. The minimum atomic E-state index is -0.317. The lowest BCUT2D eigenvalue weighted by molar-refractivity contribution is -0.122. The van der Waals surface area contributed by atoms with Crippen LogP contribution in [0.3, 0.4) is 0 Å². The molecular formula is C18H29N3O2. The molecule has 0 aliphatic carbocycles. The van der Waals surface area contributed by atoms with E-state index in [1.54, 1.807) is 6.92 Å². The Bertz CT molecular complexity index is 478. The fraction of sp³-hybridized carbons (Fsp3) is 0.611. The molecule has 2 rings (SSSR count). The van der Waals surface area contributed by atoms with Gasteiger partial charge in [0.2, 0.25) is 5.91 Å². The van der Waals surface area contributed by atoms with Crippen LogP contribution >= 0.6 is 0 Å². The number of hydrogen-bond acceptors (Lipinski definition) is 4. The topological polar surface area (TPSA) is 55.8 Å². The van der Waals surface area contributed by atoms with E-state index in [1.807, 2.05) is 18.0 Å². The van der Waals surface area contributed by atoms with Gasteiger partial charge in [-0.05, 0) is 44.9 Å². The third-order valence-electron chi connectivity index (χ3n) is 4.34. The van der Waals surface area contributed by atoms with Crippen LogP contribution in [0, 0.1) is 5.92 Å². The van der Waals surface area contributed by atoms with E-state index in [0.717, 1.165) is 32.6 Å². The summed E-state index contributed by atoms with van der Waals surface area (Å²) in [5, 5.41) is 12.3. The summed E-state index contributed by atoms with van der Waals surface area (Å²) >= 11 is 0. The minimum Gasteiger partial charge on any atom is -0.393 e. The second-order valence-electron chi connectivity index (χ2n) is 6.62. The molecule has 2 N–H and O–H groups in total. The van der Waals surface area contributed by atoms with Gasteiger partial charge in [0.1, 0.15) is 0 Å². The van der Waals surface area contributed by atoms with Gasteiger partial charge in [0.15, 0.2) is 0 Å². The van der Waals surface area contributed by atoms with Gasteiger partial charge >= 0.3 is 0 Å². The molecular weight excluding hydrogens is 290 g/mol. The van der Waals surface area contributed by atoms with Crippen LogP contribution in [0.2, 0.25) is 0 Å². The molecule has 1 aliphatic heterocycles. The molecule has 0 aromatic heterocycles. The molecule has 1 aliphatic rings. The SMILES string of the molecule is CC(O)CCN(C)CC(=O)NCC1CCN(c2ccccc2)C1. The maximum Gasteiger partial charge on any atom is 0.234 e. The van der Waals surface area contributed by atoms with Crippen molar-refractivity contribution in [3.8, 4) is 0 Å². The third kappa shape index (κ3) is 6.20. The van der Waals surface area contributed by atoms with E-state index < -0.39 is 0 Å². The Labute approximate surface area is 139 Å². The highest BCUT2D eigenvalue weighted by atomic mass is 16.3. The molecule has 0 radical (unpaired) electrons. The summed E-state index contributed by atoms with van der Waals surface area (Å²) in [5.74, 6) is 0.582. The molecule has 1 aromatic rings. The standard InChI is InChI=1S/C18H29N3O2/c1-15(22)8-10-20(2)14-18(23)19-12-16-9-11-21(13-16)17-6-4-3-5-7-17/h3-7,15-16,22H,8-14H2,1-2H3,(H,19,23). The number of nitrogens with zero attached hydrogens (tertiary/aromatic N) is 2. The van der Waals surface area contributed by atoms with Crippen LogP contribution in [0.5, 0.6) is 0 Å².